The molecule has 132 valence electrons. The van der Waals surface area contributed by atoms with E-state index in [1.54, 1.807) is 7.11 Å². The van der Waals surface area contributed by atoms with Crippen molar-refractivity contribution in [3.8, 4) is 5.75 Å². The zero-order valence-electron chi connectivity index (χ0n) is 15.2. The van der Waals surface area contributed by atoms with E-state index >= 15 is 0 Å². The van der Waals surface area contributed by atoms with Gasteiger partial charge in [-0.3, -0.25) is 4.79 Å². The molecule has 2 aromatic rings. The highest BCUT2D eigenvalue weighted by molar-refractivity contribution is 5.92. The van der Waals surface area contributed by atoms with Gasteiger partial charge in [0, 0.05) is 6.42 Å². The molecule has 0 amide bonds. The van der Waals surface area contributed by atoms with Crippen LogP contribution in [0.5, 0.6) is 5.75 Å². The zero-order valence-corrected chi connectivity index (χ0v) is 15.2. The van der Waals surface area contributed by atoms with E-state index in [-0.39, 0.29) is 0 Å². The predicted octanol–water partition coefficient (Wildman–Crippen LogP) is 3.69. The average molecular weight is 337 g/mol. The molecule has 0 saturated heterocycles. The molecule has 1 atom stereocenters. The Morgan fingerprint density at radius 1 is 1.08 bits per heavy atom. The van der Waals surface area contributed by atoms with Crippen molar-refractivity contribution in [1.82, 2.24) is 5.32 Å². The van der Waals surface area contributed by atoms with Crippen LogP contribution in [0.15, 0.2) is 48.5 Å². The number of aryl methyl sites for hydroxylation is 1. The van der Waals surface area contributed by atoms with Gasteiger partial charge in [0.05, 0.1) is 12.5 Å². The van der Waals surface area contributed by atoms with Crippen LogP contribution >= 0.6 is 0 Å². The maximum atomic E-state index is 12.7. The van der Waals surface area contributed by atoms with Crippen molar-refractivity contribution in [2.24, 2.45) is 0 Å². The van der Waals surface area contributed by atoms with Crippen LogP contribution in [0.1, 0.15) is 36.5 Å². The molecule has 0 saturated carbocycles. The molecule has 3 heteroatoms. The summed E-state index contributed by atoms with van der Waals surface area (Å²) in [5.74, 6) is 1.18. The van der Waals surface area contributed by atoms with Gasteiger partial charge in [-0.15, -0.1) is 0 Å². The number of rotatable bonds is 7. The first-order valence-corrected chi connectivity index (χ1v) is 9.09. The fourth-order valence-electron chi connectivity index (χ4n) is 3.70. The molecular weight excluding hydrogens is 310 g/mol. The maximum absolute atomic E-state index is 12.7. The van der Waals surface area contributed by atoms with Crippen LogP contribution in [-0.2, 0) is 23.1 Å². The Hall–Kier alpha value is -2.13. The number of methoxy groups -OCH3 is 1. The summed E-state index contributed by atoms with van der Waals surface area (Å²) in [6.45, 7) is 3.86. The number of fused-ring (bicyclic) bond motifs is 1. The van der Waals surface area contributed by atoms with Gasteiger partial charge in [-0.05, 0) is 68.1 Å². The van der Waals surface area contributed by atoms with Gasteiger partial charge in [-0.1, -0.05) is 36.4 Å². The fourth-order valence-corrected chi connectivity index (χ4v) is 3.70. The van der Waals surface area contributed by atoms with E-state index in [1.807, 2.05) is 12.1 Å². The zero-order chi connectivity index (χ0) is 17.7. The van der Waals surface area contributed by atoms with Gasteiger partial charge in [0.25, 0.3) is 0 Å². The minimum absolute atomic E-state index is 0.345. The van der Waals surface area contributed by atoms with E-state index in [0.29, 0.717) is 12.2 Å². The quantitative estimate of drug-likeness (QED) is 0.783. The van der Waals surface area contributed by atoms with Crippen LogP contribution in [-0.4, -0.2) is 26.0 Å². The lowest BCUT2D eigenvalue weighted by Gasteiger charge is -2.35. The molecule has 0 aliphatic heterocycles. The third-order valence-electron chi connectivity index (χ3n) is 5.38. The number of carbonyl (C=O) groups excluding carboxylic acids is 1. The fraction of sp³-hybridized carbons (Fsp3) is 0.409. The highest BCUT2D eigenvalue weighted by Crippen LogP contribution is 2.38. The van der Waals surface area contributed by atoms with Gasteiger partial charge in [0.1, 0.15) is 11.5 Å². The van der Waals surface area contributed by atoms with Gasteiger partial charge >= 0.3 is 0 Å². The third-order valence-corrected chi connectivity index (χ3v) is 5.38. The third kappa shape index (κ3) is 3.93. The molecule has 1 aliphatic rings. The number of ketones is 1. The summed E-state index contributed by atoms with van der Waals surface area (Å²) in [6.07, 6.45) is 3.31. The first kappa shape index (κ1) is 17.7. The van der Waals surface area contributed by atoms with Gasteiger partial charge < -0.3 is 10.1 Å². The minimum Gasteiger partial charge on any atom is -0.497 e. The number of hydrogen-bond donors (Lipinski definition) is 1. The summed E-state index contributed by atoms with van der Waals surface area (Å²) in [4.78, 5) is 12.7. The van der Waals surface area contributed by atoms with Crippen molar-refractivity contribution >= 4 is 5.78 Å². The molecule has 3 nitrogen and oxygen atoms in total. The summed E-state index contributed by atoms with van der Waals surface area (Å²) in [7, 11) is 1.68. The number of Topliss-reactive ketones (excluding diaryl/α,β-unsaturated/α-hetero) is 1. The first-order valence-electron chi connectivity index (χ1n) is 9.09. The number of ether oxygens (including phenoxy) is 1. The van der Waals surface area contributed by atoms with Crippen molar-refractivity contribution in [3.05, 3.63) is 65.2 Å². The van der Waals surface area contributed by atoms with Crippen LogP contribution in [0.25, 0.3) is 0 Å². The molecule has 0 spiro atoms. The van der Waals surface area contributed by atoms with Crippen LogP contribution < -0.4 is 10.1 Å². The Balaban J connectivity index is 1.62. The molecule has 0 bridgehead atoms. The molecule has 0 fully saturated rings. The Labute approximate surface area is 150 Å². The standard InChI is InChI=1S/C22H27NO2/c1-22(13-15-23-14-12-17-6-4-3-5-7-17)20-16-19(25-2)10-8-18(20)9-11-21(22)24/h3-8,10,16,23H,9,11-15H2,1-2H3. The molecule has 3 rings (SSSR count). The molecule has 25 heavy (non-hydrogen) atoms. The Bertz CT molecular complexity index is 726. The molecule has 2 aromatic carbocycles. The monoisotopic (exact) mass is 337 g/mol. The SMILES string of the molecule is COc1ccc2c(c1)C(C)(CCNCCc1ccccc1)C(=O)CC2. The summed E-state index contributed by atoms with van der Waals surface area (Å²) in [6, 6.07) is 16.6. The van der Waals surface area contributed by atoms with Gasteiger partial charge in [-0.2, -0.15) is 0 Å². The van der Waals surface area contributed by atoms with E-state index < -0.39 is 5.41 Å². The number of benzene rings is 2. The normalized spacial score (nSPS) is 19.5. The molecular formula is C22H27NO2. The summed E-state index contributed by atoms with van der Waals surface area (Å²) < 4.78 is 5.37. The lowest BCUT2D eigenvalue weighted by molar-refractivity contribution is -0.124. The predicted molar refractivity (Wildman–Crippen MR) is 101 cm³/mol. The number of nitrogens with one attached hydrogen (secondary N) is 1. The van der Waals surface area contributed by atoms with E-state index in [9.17, 15) is 4.79 Å². The second-order valence-corrected chi connectivity index (χ2v) is 7.01. The van der Waals surface area contributed by atoms with Gasteiger partial charge in [0.15, 0.2) is 0 Å². The number of carbonyl (C=O) groups is 1. The maximum Gasteiger partial charge on any atom is 0.143 e. The average Bonchev–Trinajstić information content (AvgIpc) is 2.65. The molecule has 0 aromatic heterocycles. The highest BCUT2D eigenvalue weighted by Gasteiger charge is 2.39. The van der Waals surface area contributed by atoms with E-state index in [0.717, 1.165) is 43.7 Å². The lowest BCUT2D eigenvalue weighted by Crippen LogP contribution is -2.40. The van der Waals surface area contributed by atoms with Crippen molar-refractivity contribution in [2.45, 2.75) is 38.0 Å². The highest BCUT2D eigenvalue weighted by atomic mass is 16.5. The number of hydrogen-bond acceptors (Lipinski definition) is 3. The van der Waals surface area contributed by atoms with Crippen molar-refractivity contribution in [3.63, 3.8) is 0 Å². The summed E-state index contributed by atoms with van der Waals surface area (Å²) in [5.41, 5.74) is 3.35. The van der Waals surface area contributed by atoms with Crippen LogP contribution in [0.2, 0.25) is 0 Å². The first-order chi connectivity index (χ1) is 12.1. The van der Waals surface area contributed by atoms with Crippen LogP contribution in [0.4, 0.5) is 0 Å². The van der Waals surface area contributed by atoms with Crippen molar-refractivity contribution < 1.29 is 9.53 Å². The van der Waals surface area contributed by atoms with Crippen LogP contribution in [0, 0.1) is 0 Å². The smallest absolute Gasteiger partial charge is 0.143 e. The summed E-state index contributed by atoms with van der Waals surface area (Å²) in [5, 5.41) is 3.50. The molecule has 1 aliphatic carbocycles. The molecule has 1 unspecified atom stereocenters. The second-order valence-electron chi connectivity index (χ2n) is 7.01. The van der Waals surface area contributed by atoms with E-state index in [1.165, 1.54) is 11.1 Å². The van der Waals surface area contributed by atoms with Gasteiger partial charge in [0.2, 0.25) is 0 Å². The van der Waals surface area contributed by atoms with Crippen molar-refractivity contribution in [1.29, 1.82) is 0 Å². The molecule has 0 heterocycles. The second kappa shape index (κ2) is 7.83. The minimum atomic E-state index is -0.415. The largest absolute Gasteiger partial charge is 0.497 e. The Morgan fingerprint density at radius 3 is 2.64 bits per heavy atom. The van der Waals surface area contributed by atoms with E-state index in [4.69, 9.17) is 4.74 Å². The van der Waals surface area contributed by atoms with Gasteiger partial charge in [-0.25, -0.2) is 0 Å². The van der Waals surface area contributed by atoms with Crippen LogP contribution in [0.3, 0.4) is 0 Å². The molecule has 1 N–H and O–H groups in total. The Morgan fingerprint density at radius 2 is 1.88 bits per heavy atom. The molecule has 0 radical (unpaired) electrons. The van der Waals surface area contributed by atoms with Crippen molar-refractivity contribution in [2.75, 3.05) is 20.2 Å². The van der Waals surface area contributed by atoms with E-state index in [2.05, 4.69) is 48.6 Å². The Kier molecular flexibility index (Phi) is 5.54. The lowest BCUT2D eigenvalue weighted by atomic mass is 9.68. The summed E-state index contributed by atoms with van der Waals surface area (Å²) >= 11 is 0. The topological polar surface area (TPSA) is 38.3 Å².